The molecule has 53 heteroatoms. The average Bonchev–Trinajstić information content (AvgIpc) is 1.10. The Morgan fingerprint density at radius 1 is 0.691 bits per heavy atom. The summed E-state index contributed by atoms with van der Waals surface area (Å²) in [6.07, 6.45) is 6.18. The minimum absolute atomic E-state index is 0. The number of hydrogen-bond donors (Lipinski definition) is 12. The third-order valence-corrected chi connectivity index (χ3v) is 24.2. The number of nitrogens with two attached hydrogens (primary N) is 2. The van der Waals surface area contributed by atoms with Gasteiger partial charge in [0.15, 0.2) is 85.5 Å². The minimum atomic E-state index is -1.83. The number of aliphatic hydroxyl groups is 5. The number of oxime groups is 1. The second kappa shape index (κ2) is 65.5. The maximum atomic E-state index is 12.8. The van der Waals surface area contributed by atoms with Crippen molar-refractivity contribution in [2.24, 2.45) is 27.3 Å². The van der Waals surface area contributed by atoms with E-state index in [1.54, 1.807) is 84.5 Å². The Kier molecular flexibility index (Phi) is 63.4. The summed E-state index contributed by atoms with van der Waals surface area (Å²) < 4.78 is 72.6. The van der Waals surface area contributed by atoms with Crippen LogP contribution in [-0.4, -0.2) is 190 Å². The quantitative estimate of drug-likeness (QED) is 0.00241. The van der Waals surface area contributed by atoms with Crippen LogP contribution in [0.15, 0.2) is 111 Å². The fraction of sp³-hybridized carbons (Fsp3) is 0.443. The van der Waals surface area contributed by atoms with Gasteiger partial charge in [0.05, 0.1) is 70.3 Å². The summed E-state index contributed by atoms with van der Waals surface area (Å²) in [5, 5.41) is 91.6. The van der Waals surface area contributed by atoms with Gasteiger partial charge in [0.2, 0.25) is 0 Å². The molecule has 6 aromatic heterocycles. The largest absolute Gasteiger partial charge is 1.00 e. The molecular weight excluding hydrogens is 1760 g/mol. The first kappa shape index (κ1) is 119. The Labute approximate surface area is 751 Å². The van der Waals surface area contributed by atoms with Crippen molar-refractivity contribution in [2.45, 2.75) is 139 Å². The average molecular weight is 1870 g/mol. The number of azide groups is 1. The summed E-state index contributed by atoms with van der Waals surface area (Å²) in [4.78, 5) is 83.7. The number of aliphatic hydroxyl groups excluding tert-OH is 5. The zero-order chi connectivity index (χ0) is 92.5. The molecule has 7 heterocycles. The number of nitrogens with zero attached hydrogens (tertiary/aromatic N) is 12. The summed E-state index contributed by atoms with van der Waals surface area (Å²) in [6.45, 7) is 29.7. The number of pyridine rings is 1. The zero-order valence-electron chi connectivity index (χ0n) is 70.4. The zero-order valence-corrected chi connectivity index (χ0v) is 77.5. The van der Waals surface area contributed by atoms with Gasteiger partial charge in [-0.3, -0.25) is 30.2 Å². The summed E-state index contributed by atoms with van der Waals surface area (Å²) in [7, 11) is -0.517. The van der Waals surface area contributed by atoms with Crippen molar-refractivity contribution in [3.05, 3.63) is 145 Å². The number of amides is 4. The second-order valence-electron chi connectivity index (χ2n) is 25.2. The molecule has 0 bridgehead atoms. The number of urea groups is 1. The first-order valence-electron chi connectivity index (χ1n) is 35.0. The van der Waals surface area contributed by atoms with Gasteiger partial charge in [0.25, 0.3) is 17.0 Å². The topological polar surface area (TPSA) is 675 Å². The number of carbonyl (C=O) groups is 6. The third-order valence-electron chi connectivity index (χ3n) is 15.0. The first-order chi connectivity index (χ1) is 57.3. The van der Waals surface area contributed by atoms with Crippen molar-refractivity contribution in [3.8, 4) is 41.1 Å². The van der Waals surface area contributed by atoms with Gasteiger partial charge in [-0.15, -0.1) is 53.0 Å². The Balaban J connectivity index is -0.000000699. The van der Waals surface area contributed by atoms with E-state index in [2.05, 4.69) is 150 Å². The number of methoxy groups -OCH3 is 2. The molecule has 0 atom stereocenters. The van der Waals surface area contributed by atoms with Crippen molar-refractivity contribution < 1.29 is 159 Å². The van der Waals surface area contributed by atoms with Gasteiger partial charge in [0, 0.05) is 65.6 Å². The standard InChI is InChI=1S/C24H22N4O7.C13H23NO4Si.C11H21N3O3Si.C7H9NO4.C5H4N4O3.C4H6ClNO3.C3H4O.C2H6O.CH2Cl2.ClH.H4N2O.HNO2.Na/c1-31-21-11-16-17(12-22(21)32-2)25-6-5-19(16)34-14-3-4-18-20(9-14)33-8-7-28(18)24(30)26-23-10-15(13-29)35-27-23;1-7-16-12(15)11-8-10(18-14-11)9-17-19(5,6)13(2,3)4;1-11(2,3)18(4,5)16-7-8-6-9(14-17-8)10(15)13-12;1-2-11-7(10)6-3-5(4-9)12-8-6;6-9-7-5(11)4-1-3(2-10)12-8-4;1-2-9-4(7)3(5)6-8;1-2-3-4;1-2-3;2-1-3;;1-2-3;2-1-3;/h3-6,9-12,29H,7-8,13H2,1-2H3,(H,26,27,30);8H,7,9H2,1-6H3;6H,7,12H2,1-5H3,(H,13,15);3,9H,2,4H2,1H3;1,10H,2H2;8H,2H2,1H3;1,4H,3H2;3H,2H2,1H3;1H2;1H;2-3H,1H2;(H,2,3);/q;;;;;;;;;;;;+1/p-1/b;;;;;6-3+;;;;;;;. The van der Waals surface area contributed by atoms with Crippen molar-refractivity contribution in [1.82, 2.24) is 41.8 Å². The van der Waals surface area contributed by atoms with Crippen LogP contribution in [0.25, 0.3) is 21.3 Å². The fourth-order valence-corrected chi connectivity index (χ4v) is 9.37. The maximum absolute atomic E-state index is 12.8. The Morgan fingerprint density at radius 2 is 1.11 bits per heavy atom. The van der Waals surface area contributed by atoms with Crippen LogP contribution in [0.2, 0.25) is 36.3 Å². The smallest absolute Gasteiger partial charge is 0.493 e. The van der Waals surface area contributed by atoms with E-state index >= 15 is 0 Å². The van der Waals surface area contributed by atoms with Gasteiger partial charge < -0.3 is 111 Å². The minimum Gasteiger partial charge on any atom is -0.493 e. The summed E-state index contributed by atoms with van der Waals surface area (Å²) >= 11 is 14.5. The molecule has 0 radical (unpaired) electrons. The number of alkyl halides is 2. The van der Waals surface area contributed by atoms with Crippen molar-refractivity contribution in [3.63, 3.8) is 0 Å². The van der Waals surface area contributed by atoms with Crippen molar-refractivity contribution in [2.75, 3.05) is 76.0 Å². The van der Waals surface area contributed by atoms with E-state index in [0.717, 1.165) is 10.7 Å². The predicted octanol–water partition coefficient (Wildman–Crippen LogP) is 8.21. The molecule has 0 saturated heterocycles. The van der Waals surface area contributed by atoms with E-state index in [-0.39, 0.29) is 143 Å². The Morgan fingerprint density at radius 3 is 1.53 bits per heavy atom. The SMILES string of the molecule is C#CCO.CC(C)(C)[Si](C)(C)OCc1cc(C(=O)NN)no1.CCO.CCOC(=O)/C(Cl)=N\O.CCOC(=O)c1cc(CO)on1.CCOC(=O)c1cc(CO[Si](C)(C)C(C)(C)C)on1.COc1cc2nccc(Oc3ccc4c(c3)OCCN4C(=O)Nc3cc(CO)on3)c2cc1OC.Cl.ClCCl.NNO.O=N[O-].[N-]=[N+]=NC(=O)c1cc(CO)on1.[Na+]. The first-order valence-corrected chi connectivity index (χ1v) is 42.3. The molecule has 2 aromatic carbocycles. The summed E-state index contributed by atoms with van der Waals surface area (Å²) in [5.41, 5.74) is 12.7. The number of ether oxygens (including phenoxy) is 7. The number of esters is 3. The number of aromatic nitrogens is 6. The number of carbonyl (C=O) groups excluding carboxylic acids is 6. The van der Waals surface area contributed by atoms with E-state index in [0.29, 0.717) is 91.1 Å². The molecule has 123 heavy (non-hydrogen) atoms. The number of nitrogen functional groups attached to an aromatic ring is 1. The number of hydrazine groups is 2. The van der Waals surface area contributed by atoms with Gasteiger partial charge in [0.1, 0.15) is 50.3 Å². The second-order valence-corrected chi connectivity index (χ2v) is 35.9. The molecule has 4 amide bonds. The molecule has 678 valence electrons. The molecular formula is C70H102Cl4N17NaO29Si2. The molecule has 0 fully saturated rings. The Bertz CT molecular complexity index is 4510. The number of hydrogen-bond acceptors (Lipinski definition) is 40. The van der Waals surface area contributed by atoms with E-state index < -0.39 is 57.6 Å². The van der Waals surface area contributed by atoms with Crippen molar-refractivity contribution in [1.29, 1.82) is 0 Å². The molecule has 46 nitrogen and oxygen atoms in total. The summed E-state index contributed by atoms with van der Waals surface area (Å²) in [6, 6.07) is 17.3. The normalized spacial score (nSPS) is 10.7. The number of rotatable bonds is 22. The monoisotopic (exact) mass is 1860 g/mol. The number of nitrogens with one attached hydrogen (secondary N) is 3. The Hall–Kier alpha value is -10.2. The number of terminal acetylenes is 1. The van der Waals surface area contributed by atoms with Crippen LogP contribution < -0.4 is 81.4 Å². The van der Waals surface area contributed by atoms with Crippen LogP contribution in [0.4, 0.5) is 16.3 Å². The molecule has 8 aromatic rings. The van der Waals surface area contributed by atoms with Crippen LogP contribution in [-0.2, 0) is 60.9 Å². The van der Waals surface area contributed by atoms with E-state index in [9.17, 15) is 28.8 Å². The van der Waals surface area contributed by atoms with E-state index in [4.69, 9.17) is 138 Å². The molecule has 14 N–H and O–H groups in total. The van der Waals surface area contributed by atoms with Crippen LogP contribution in [0.5, 0.6) is 28.7 Å². The van der Waals surface area contributed by atoms with E-state index in [1.165, 1.54) is 34.8 Å². The molecule has 9 rings (SSSR count). The molecule has 0 aliphatic carbocycles. The van der Waals surface area contributed by atoms with E-state index in [1.807, 2.05) is 17.4 Å². The predicted molar refractivity (Wildman–Crippen MR) is 447 cm³/mol. The number of fused-ring (bicyclic) bond motifs is 2. The van der Waals surface area contributed by atoms with Gasteiger partial charge >= 0.3 is 53.5 Å². The number of anilines is 2. The van der Waals surface area contributed by atoms with Crippen LogP contribution >= 0.6 is 47.2 Å². The third kappa shape index (κ3) is 45.1. The van der Waals surface area contributed by atoms with Gasteiger partial charge in [-0.1, -0.05) is 90.0 Å². The molecule has 0 saturated carbocycles. The fourth-order valence-electron chi connectivity index (χ4n) is 7.44. The molecule has 1 aliphatic heterocycles. The molecule has 0 unspecified atom stereocenters. The van der Waals surface area contributed by atoms with Gasteiger partial charge in [-0.25, -0.2) is 30.9 Å². The van der Waals surface area contributed by atoms with Crippen LogP contribution in [0.1, 0.15) is 140 Å². The van der Waals surface area contributed by atoms with Crippen molar-refractivity contribution >= 4 is 127 Å². The van der Waals surface area contributed by atoms with Gasteiger partial charge in [-0.2, -0.15) is 0 Å². The van der Waals surface area contributed by atoms with Crippen LogP contribution in [0.3, 0.4) is 0 Å². The number of halogens is 4. The molecule has 0 spiro atoms. The van der Waals surface area contributed by atoms with Crippen LogP contribution in [0, 0.1) is 22.5 Å². The molecule has 1 aliphatic rings. The summed E-state index contributed by atoms with van der Waals surface area (Å²) in [5.74, 6) is 12.7. The maximum Gasteiger partial charge on any atom is 1.00 e. The number of benzene rings is 2. The van der Waals surface area contributed by atoms with Gasteiger partial charge in [-0.05, 0) is 98.9 Å².